The fourth-order valence-corrected chi connectivity index (χ4v) is 0.720. The van der Waals surface area contributed by atoms with Crippen LogP contribution in [-0.4, -0.2) is 25.2 Å². The normalized spacial score (nSPS) is 9.27. The van der Waals surface area contributed by atoms with Crippen molar-refractivity contribution in [2.24, 2.45) is 0 Å². The van der Waals surface area contributed by atoms with E-state index in [0.29, 0.717) is 11.4 Å². The molecule has 0 unspecified atom stereocenters. The Morgan fingerprint density at radius 1 is 1.55 bits per heavy atom. The first-order valence-electron chi connectivity index (χ1n) is 3.08. The van der Waals surface area contributed by atoms with Crippen molar-refractivity contribution in [3.05, 3.63) is 18.0 Å². The van der Waals surface area contributed by atoms with Crippen molar-refractivity contribution >= 4 is 5.97 Å². The number of methoxy groups -OCH3 is 2. The molecule has 1 aromatic rings. The van der Waals surface area contributed by atoms with Gasteiger partial charge < -0.3 is 14.5 Å². The molecule has 0 aliphatic rings. The Morgan fingerprint density at radius 2 is 2.27 bits per heavy atom. The number of carbonyl (C=O) groups excluding carboxylic acids is 1. The molecule has 0 aliphatic heterocycles. The van der Waals surface area contributed by atoms with Gasteiger partial charge in [0.25, 0.3) is 0 Å². The average molecular weight is 155 g/mol. The zero-order valence-corrected chi connectivity index (χ0v) is 6.38. The van der Waals surface area contributed by atoms with Gasteiger partial charge in [-0.3, -0.25) is 0 Å². The highest BCUT2D eigenvalue weighted by molar-refractivity contribution is 5.87. The van der Waals surface area contributed by atoms with Gasteiger partial charge in [-0.2, -0.15) is 0 Å². The van der Waals surface area contributed by atoms with E-state index < -0.39 is 5.97 Å². The summed E-state index contributed by atoms with van der Waals surface area (Å²) in [4.78, 5) is 13.5. The summed E-state index contributed by atoms with van der Waals surface area (Å²) in [5.41, 5.74) is 0.393. The van der Waals surface area contributed by atoms with Gasteiger partial charge in [-0.05, 0) is 0 Å². The van der Waals surface area contributed by atoms with E-state index in [9.17, 15) is 4.79 Å². The number of H-pyrrole nitrogens is 1. The van der Waals surface area contributed by atoms with Crippen LogP contribution in [0.4, 0.5) is 0 Å². The van der Waals surface area contributed by atoms with E-state index in [1.165, 1.54) is 14.2 Å². The second kappa shape index (κ2) is 3.09. The highest BCUT2D eigenvalue weighted by atomic mass is 16.5. The van der Waals surface area contributed by atoms with Gasteiger partial charge in [0.2, 0.25) is 0 Å². The lowest BCUT2D eigenvalue weighted by molar-refractivity contribution is 0.0594. The minimum atomic E-state index is -0.395. The Hall–Kier alpha value is -1.45. The van der Waals surface area contributed by atoms with Crippen molar-refractivity contribution in [1.82, 2.24) is 4.98 Å². The number of hydrogen-bond acceptors (Lipinski definition) is 3. The first kappa shape index (κ1) is 7.65. The van der Waals surface area contributed by atoms with Crippen LogP contribution in [0.15, 0.2) is 12.3 Å². The van der Waals surface area contributed by atoms with Crippen molar-refractivity contribution in [3.63, 3.8) is 0 Å². The first-order valence-corrected chi connectivity index (χ1v) is 3.08. The predicted molar refractivity (Wildman–Crippen MR) is 38.7 cm³/mol. The van der Waals surface area contributed by atoms with E-state index in [1.807, 2.05) is 0 Å². The summed E-state index contributed by atoms with van der Waals surface area (Å²) in [6, 6.07) is 1.58. The lowest BCUT2D eigenvalue weighted by Crippen LogP contribution is -2.00. The van der Waals surface area contributed by atoms with Crippen LogP contribution in [0, 0.1) is 0 Å². The third-order valence-electron chi connectivity index (χ3n) is 1.30. The number of hydrogen-bond donors (Lipinski definition) is 1. The zero-order valence-electron chi connectivity index (χ0n) is 6.38. The fraction of sp³-hybridized carbons (Fsp3) is 0.286. The molecule has 11 heavy (non-hydrogen) atoms. The third kappa shape index (κ3) is 1.52. The molecule has 1 heterocycles. The lowest BCUT2D eigenvalue weighted by Gasteiger charge is -1.92. The SMILES string of the molecule is COC(=O)c1cc(OC)c[nH]1. The monoisotopic (exact) mass is 155 g/mol. The first-order chi connectivity index (χ1) is 5.27. The highest BCUT2D eigenvalue weighted by Crippen LogP contribution is 2.11. The Bertz CT molecular complexity index is 254. The Balaban J connectivity index is 2.80. The molecule has 60 valence electrons. The smallest absolute Gasteiger partial charge is 0.354 e. The largest absolute Gasteiger partial charge is 0.495 e. The number of esters is 1. The number of nitrogens with one attached hydrogen (secondary N) is 1. The maximum Gasteiger partial charge on any atom is 0.354 e. The van der Waals surface area contributed by atoms with Crippen LogP contribution >= 0.6 is 0 Å². The Morgan fingerprint density at radius 3 is 2.73 bits per heavy atom. The van der Waals surface area contributed by atoms with Gasteiger partial charge in [0.1, 0.15) is 11.4 Å². The third-order valence-corrected chi connectivity index (χ3v) is 1.30. The molecule has 4 heteroatoms. The molecular formula is C7H9NO3. The van der Waals surface area contributed by atoms with Gasteiger partial charge in [0.05, 0.1) is 14.2 Å². The van der Waals surface area contributed by atoms with Gasteiger partial charge in [0.15, 0.2) is 0 Å². The molecule has 0 fully saturated rings. The second-order valence-electron chi connectivity index (χ2n) is 1.94. The number of aromatic amines is 1. The van der Waals surface area contributed by atoms with Crippen molar-refractivity contribution in [3.8, 4) is 5.75 Å². The van der Waals surface area contributed by atoms with E-state index in [1.54, 1.807) is 12.3 Å². The molecule has 0 saturated heterocycles. The van der Waals surface area contributed by atoms with E-state index in [0.717, 1.165) is 0 Å². The summed E-state index contributed by atoms with van der Waals surface area (Å²) >= 11 is 0. The molecule has 1 aromatic heterocycles. The zero-order chi connectivity index (χ0) is 8.27. The Kier molecular flexibility index (Phi) is 2.15. The van der Waals surface area contributed by atoms with Crippen LogP contribution < -0.4 is 4.74 Å². The van der Waals surface area contributed by atoms with Crippen molar-refractivity contribution < 1.29 is 14.3 Å². The van der Waals surface area contributed by atoms with Gasteiger partial charge >= 0.3 is 5.97 Å². The van der Waals surface area contributed by atoms with Gasteiger partial charge in [-0.15, -0.1) is 0 Å². The number of aromatic nitrogens is 1. The van der Waals surface area contributed by atoms with Crippen molar-refractivity contribution in [2.75, 3.05) is 14.2 Å². The summed E-state index contributed by atoms with van der Waals surface area (Å²) in [5.74, 6) is 0.221. The van der Waals surface area contributed by atoms with Crippen LogP contribution in [0.3, 0.4) is 0 Å². The summed E-state index contributed by atoms with van der Waals surface area (Å²) in [5, 5.41) is 0. The van der Waals surface area contributed by atoms with E-state index in [-0.39, 0.29) is 0 Å². The molecule has 0 saturated carbocycles. The molecular weight excluding hydrogens is 146 g/mol. The summed E-state index contributed by atoms with van der Waals surface area (Å²) in [6.07, 6.45) is 1.59. The molecule has 0 aliphatic carbocycles. The predicted octanol–water partition coefficient (Wildman–Crippen LogP) is 0.810. The molecule has 1 rings (SSSR count). The Labute approximate surface area is 64.1 Å². The number of carbonyl (C=O) groups is 1. The van der Waals surface area contributed by atoms with Crippen LogP contribution in [-0.2, 0) is 4.74 Å². The molecule has 0 radical (unpaired) electrons. The summed E-state index contributed by atoms with van der Waals surface area (Å²) < 4.78 is 9.32. The van der Waals surface area contributed by atoms with Crippen molar-refractivity contribution in [1.29, 1.82) is 0 Å². The van der Waals surface area contributed by atoms with Crippen LogP contribution in [0.25, 0.3) is 0 Å². The van der Waals surface area contributed by atoms with Gasteiger partial charge in [-0.25, -0.2) is 4.79 Å². The van der Waals surface area contributed by atoms with E-state index >= 15 is 0 Å². The minimum absolute atomic E-state index is 0.393. The molecule has 0 atom stereocenters. The average Bonchev–Trinajstić information content (AvgIpc) is 2.50. The standard InChI is InChI=1S/C7H9NO3/c1-10-5-3-6(8-4-5)7(9)11-2/h3-4,8H,1-2H3. The van der Waals surface area contributed by atoms with Crippen LogP contribution in [0.5, 0.6) is 5.75 Å². The van der Waals surface area contributed by atoms with E-state index in [4.69, 9.17) is 4.74 Å². The minimum Gasteiger partial charge on any atom is -0.495 e. The molecule has 1 N–H and O–H groups in total. The van der Waals surface area contributed by atoms with E-state index in [2.05, 4.69) is 9.72 Å². The highest BCUT2D eigenvalue weighted by Gasteiger charge is 2.07. The quantitative estimate of drug-likeness (QED) is 0.643. The van der Waals surface area contributed by atoms with Crippen LogP contribution in [0.2, 0.25) is 0 Å². The fourth-order valence-electron chi connectivity index (χ4n) is 0.720. The van der Waals surface area contributed by atoms with Crippen LogP contribution in [0.1, 0.15) is 10.5 Å². The van der Waals surface area contributed by atoms with Crippen molar-refractivity contribution in [2.45, 2.75) is 0 Å². The molecule has 0 amide bonds. The topological polar surface area (TPSA) is 51.3 Å². The van der Waals surface area contributed by atoms with Gasteiger partial charge in [0, 0.05) is 12.3 Å². The lowest BCUT2D eigenvalue weighted by atomic mass is 10.4. The number of ether oxygens (including phenoxy) is 2. The summed E-state index contributed by atoms with van der Waals surface area (Å²) in [7, 11) is 2.86. The summed E-state index contributed by atoms with van der Waals surface area (Å²) in [6.45, 7) is 0. The second-order valence-corrected chi connectivity index (χ2v) is 1.94. The molecule has 0 spiro atoms. The maximum absolute atomic E-state index is 10.8. The molecule has 0 bridgehead atoms. The van der Waals surface area contributed by atoms with Gasteiger partial charge in [-0.1, -0.05) is 0 Å². The number of rotatable bonds is 2. The molecule has 4 nitrogen and oxygen atoms in total. The maximum atomic E-state index is 10.8. The molecule has 0 aromatic carbocycles.